The number of aliphatic hydroxyl groups is 1. The van der Waals surface area contributed by atoms with Gasteiger partial charge >= 0.3 is 12.1 Å². The first kappa shape index (κ1) is 24.6. The van der Waals surface area contributed by atoms with Crippen molar-refractivity contribution in [2.45, 2.75) is 19.1 Å². The van der Waals surface area contributed by atoms with Gasteiger partial charge in [-0.05, 0) is 35.9 Å². The molecule has 13 heteroatoms. The SMILES string of the molecule is O=S1(=O)CCN(C(O)N(Cc2ccc(-c3nnc(C(F)(F)F)o3)cc2)c2cccc(Br)c2)CC1. The molecule has 1 N–H and O–H groups in total. The van der Waals surface area contributed by atoms with E-state index in [1.54, 1.807) is 34.1 Å². The number of benzene rings is 2. The first-order valence-corrected chi connectivity index (χ1v) is 12.8. The van der Waals surface area contributed by atoms with E-state index in [4.69, 9.17) is 4.42 Å². The van der Waals surface area contributed by atoms with Crippen LogP contribution in [0.4, 0.5) is 18.9 Å². The molecule has 1 aliphatic heterocycles. The molecule has 0 radical (unpaired) electrons. The van der Waals surface area contributed by atoms with E-state index in [9.17, 15) is 26.7 Å². The Hall–Kier alpha value is -2.48. The number of aromatic nitrogens is 2. The van der Waals surface area contributed by atoms with E-state index in [1.807, 2.05) is 24.3 Å². The Balaban J connectivity index is 1.56. The lowest BCUT2D eigenvalue weighted by molar-refractivity contribution is -0.156. The number of rotatable bonds is 6. The molecule has 8 nitrogen and oxygen atoms in total. The maximum absolute atomic E-state index is 12.7. The average molecular weight is 561 g/mol. The van der Waals surface area contributed by atoms with Crippen LogP contribution in [0, 0.1) is 0 Å². The van der Waals surface area contributed by atoms with Gasteiger partial charge in [0.2, 0.25) is 5.89 Å². The van der Waals surface area contributed by atoms with Crippen molar-refractivity contribution in [3.8, 4) is 11.5 Å². The Labute approximate surface area is 202 Å². The van der Waals surface area contributed by atoms with Gasteiger partial charge in [-0.1, -0.05) is 34.1 Å². The zero-order valence-electron chi connectivity index (χ0n) is 17.6. The van der Waals surface area contributed by atoms with Gasteiger partial charge in [0.25, 0.3) is 0 Å². The predicted molar refractivity (Wildman–Crippen MR) is 121 cm³/mol. The normalized spacial score (nSPS) is 17.4. The maximum Gasteiger partial charge on any atom is 0.470 e. The number of hydrogen-bond acceptors (Lipinski definition) is 8. The minimum absolute atomic E-state index is 0.0326. The van der Waals surface area contributed by atoms with E-state index in [2.05, 4.69) is 26.1 Å². The summed E-state index contributed by atoms with van der Waals surface area (Å²) in [6.45, 7) is 0.649. The maximum atomic E-state index is 12.7. The lowest BCUT2D eigenvalue weighted by atomic mass is 10.1. The van der Waals surface area contributed by atoms with Crippen LogP contribution in [0.15, 0.2) is 57.4 Å². The zero-order chi connectivity index (χ0) is 24.5. The van der Waals surface area contributed by atoms with E-state index in [0.717, 1.165) is 10.0 Å². The average Bonchev–Trinajstić information content (AvgIpc) is 3.28. The van der Waals surface area contributed by atoms with Gasteiger partial charge in [0.1, 0.15) is 0 Å². The minimum Gasteiger partial charge on any atom is -0.413 e. The Bertz CT molecular complexity index is 1240. The molecule has 34 heavy (non-hydrogen) atoms. The molecule has 0 aliphatic carbocycles. The molecular formula is C21H20BrF3N4O4S. The van der Waals surface area contributed by atoms with Crippen LogP contribution in [0.5, 0.6) is 0 Å². The fraction of sp³-hybridized carbons (Fsp3) is 0.333. The quantitative estimate of drug-likeness (QED) is 0.457. The third-order valence-electron chi connectivity index (χ3n) is 5.35. The first-order chi connectivity index (χ1) is 16.0. The predicted octanol–water partition coefficient (Wildman–Crippen LogP) is 3.53. The van der Waals surface area contributed by atoms with Crippen molar-refractivity contribution in [2.24, 2.45) is 0 Å². The molecule has 0 bridgehead atoms. The summed E-state index contributed by atoms with van der Waals surface area (Å²) in [6.07, 6.45) is -5.81. The molecule has 182 valence electrons. The molecule has 1 aromatic heterocycles. The van der Waals surface area contributed by atoms with Gasteiger partial charge in [0.15, 0.2) is 16.2 Å². The van der Waals surface area contributed by atoms with E-state index >= 15 is 0 Å². The molecule has 0 spiro atoms. The molecule has 0 saturated carbocycles. The summed E-state index contributed by atoms with van der Waals surface area (Å²) in [5, 5.41) is 17.6. The summed E-state index contributed by atoms with van der Waals surface area (Å²) in [4.78, 5) is 3.40. The third-order valence-corrected chi connectivity index (χ3v) is 7.45. The topological polar surface area (TPSA) is 99.8 Å². The zero-order valence-corrected chi connectivity index (χ0v) is 20.0. The van der Waals surface area contributed by atoms with Crippen molar-refractivity contribution < 1.29 is 31.1 Å². The second kappa shape index (κ2) is 9.64. The number of anilines is 1. The van der Waals surface area contributed by atoms with Crippen LogP contribution in [-0.4, -0.2) is 59.6 Å². The van der Waals surface area contributed by atoms with E-state index in [1.165, 1.54) is 0 Å². The fourth-order valence-electron chi connectivity index (χ4n) is 3.52. The molecule has 4 rings (SSSR count). The number of aliphatic hydroxyl groups excluding tert-OH is 1. The van der Waals surface area contributed by atoms with Gasteiger partial charge in [-0.2, -0.15) is 13.2 Å². The summed E-state index contributed by atoms with van der Waals surface area (Å²) < 4.78 is 67.3. The van der Waals surface area contributed by atoms with Crippen LogP contribution in [0.25, 0.3) is 11.5 Å². The molecule has 1 unspecified atom stereocenters. The number of nitrogens with zero attached hydrogens (tertiary/aromatic N) is 4. The fourth-order valence-corrected chi connectivity index (χ4v) is 5.14. The van der Waals surface area contributed by atoms with E-state index in [-0.39, 0.29) is 37.0 Å². The Morgan fingerprint density at radius 3 is 2.38 bits per heavy atom. The highest BCUT2D eigenvalue weighted by Gasteiger charge is 2.38. The van der Waals surface area contributed by atoms with Crippen molar-refractivity contribution in [3.05, 3.63) is 64.5 Å². The largest absolute Gasteiger partial charge is 0.470 e. The van der Waals surface area contributed by atoms with Crippen LogP contribution in [0.1, 0.15) is 11.5 Å². The van der Waals surface area contributed by atoms with Crippen molar-refractivity contribution >= 4 is 31.5 Å². The standard InChI is InChI=1S/C21H20BrF3N4O4S/c22-16-2-1-3-17(12-16)29(20(30)28-8-10-34(31,32)11-9-28)13-14-4-6-15(7-5-14)18-26-27-19(33-18)21(23,24)25/h1-7,12,20,30H,8-11,13H2. The van der Waals surface area contributed by atoms with Gasteiger partial charge in [-0.25, -0.2) is 8.42 Å². The number of hydrogen-bond donors (Lipinski definition) is 1. The molecule has 2 aromatic carbocycles. The van der Waals surface area contributed by atoms with Gasteiger partial charge in [-0.15, -0.1) is 10.2 Å². The summed E-state index contributed by atoms with van der Waals surface area (Å²) in [6, 6.07) is 13.8. The van der Waals surface area contributed by atoms with Gasteiger partial charge in [0, 0.05) is 35.4 Å². The highest BCUT2D eigenvalue weighted by Crippen LogP contribution is 2.31. The minimum atomic E-state index is -4.72. The number of alkyl halides is 3. The van der Waals surface area contributed by atoms with Crippen molar-refractivity contribution in [3.63, 3.8) is 0 Å². The lowest BCUT2D eigenvalue weighted by Crippen LogP contribution is -2.53. The van der Waals surface area contributed by atoms with Crippen LogP contribution in [0.3, 0.4) is 0 Å². The molecule has 1 saturated heterocycles. The second-order valence-corrected chi connectivity index (χ2v) is 11.0. The van der Waals surface area contributed by atoms with E-state index in [0.29, 0.717) is 11.3 Å². The van der Waals surface area contributed by atoms with Gasteiger partial charge < -0.3 is 14.4 Å². The number of sulfone groups is 1. The van der Waals surface area contributed by atoms with Crippen molar-refractivity contribution in [1.29, 1.82) is 0 Å². The highest BCUT2D eigenvalue weighted by molar-refractivity contribution is 9.10. The highest BCUT2D eigenvalue weighted by atomic mass is 79.9. The molecule has 1 fully saturated rings. The molecule has 1 atom stereocenters. The van der Waals surface area contributed by atoms with Gasteiger partial charge in [-0.3, -0.25) is 4.90 Å². The Morgan fingerprint density at radius 2 is 1.79 bits per heavy atom. The van der Waals surface area contributed by atoms with Crippen LogP contribution >= 0.6 is 15.9 Å². The van der Waals surface area contributed by atoms with Crippen LogP contribution < -0.4 is 4.90 Å². The Kier molecular flexibility index (Phi) is 6.99. The third kappa shape index (κ3) is 5.77. The second-order valence-electron chi connectivity index (χ2n) is 7.75. The van der Waals surface area contributed by atoms with Crippen LogP contribution in [0.2, 0.25) is 0 Å². The molecule has 1 aliphatic rings. The molecule has 3 aromatic rings. The van der Waals surface area contributed by atoms with Crippen molar-refractivity contribution in [2.75, 3.05) is 29.5 Å². The number of halogens is 4. The summed E-state index contributed by atoms with van der Waals surface area (Å²) in [5.41, 5.74) is 1.77. The molecule has 2 heterocycles. The smallest absolute Gasteiger partial charge is 0.413 e. The lowest BCUT2D eigenvalue weighted by Gasteiger charge is -2.39. The summed E-state index contributed by atoms with van der Waals surface area (Å²) >= 11 is 3.42. The molecule has 0 amide bonds. The molecular weight excluding hydrogens is 541 g/mol. The summed E-state index contributed by atoms with van der Waals surface area (Å²) in [5.74, 6) is -1.74. The first-order valence-electron chi connectivity index (χ1n) is 10.2. The van der Waals surface area contributed by atoms with Crippen molar-refractivity contribution in [1.82, 2.24) is 15.1 Å². The Morgan fingerprint density at radius 1 is 1.12 bits per heavy atom. The van der Waals surface area contributed by atoms with Gasteiger partial charge in [0.05, 0.1) is 11.5 Å². The summed E-state index contributed by atoms with van der Waals surface area (Å²) in [7, 11) is -3.11. The monoisotopic (exact) mass is 560 g/mol. The van der Waals surface area contributed by atoms with E-state index < -0.39 is 28.3 Å². The van der Waals surface area contributed by atoms with Crippen LogP contribution in [-0.2, 0) is 22.6 Å².